The second kappa shape index (κ2) is 6.34. The molecular weight excluding hydrogens is 226 g/mol. The number of fused-ring (bicyclic) bond motifs is 1. The van der Waals surface area contributed by atoms with E-state index < -0.39 is 0 Å². The minimum absolute atomic E-state index is 0.779. The quantitative estimate of drug-likeness (QED) is 0.858. The summed E-state index contributed by atoms with van der Waals surface area (Å²) >= 11 is 2.15. The summed E-state index contributed by atoms with van der Waals surface area (Å²) in [5.74, 6) is 2.14. The Morgan fingerprint density at radius 1 is 1.35 bits per heavy atom. The van der Waals surface area contributed by atoms with E-state index in [1.54, 1.807) is 0 Å². The lowest BCUT2D eigenvalue weighted by atomic mass is 10.1. The fourth-order valence-corrected chi connectivity index (χ4v) is 3.59. The first-order chi connectivity index (χ1) is 8.25. The summed E-state index contributed by atoms with van der Waals surface area (Å²) < 4.78 is 0. The zero-order valence-electron chi connectivity index (χ0n) is 10.9. The molecule has 0 radical (unpaired) electrons. The van der Waals surface area contributed by atoms with Crippen LogP contribution in [0.4, 0.5) is 5.69 Å². The molecule has 2 rings (SSSR count). The maximum absolute atomic E-state index is 3.59. The first-order valence-electron chi connectivity index (χ1n) is 6.69. The maximum Gasteiger partial charge on any atom is 0.0373 e. The van der Waals surface area contributed by atoms with Crippen LogP contribution in [0.1, 0.15) is 32.3 Å². The van der Waals surface area contributed by atoms with Crippen LogP contribution in [0.15, 0.2) is 24.3 Å². The van der Waals surface area contributed by atoms with Gasteiger partial charge in [0.25, 0.3) is 0 Å². The summed E-state index contributed by atoms with van der Waals surface area (Å²) in [6.07, 6.45) is 3.88. The molecule has 1 aliphatic heterocycles. The molecule has 0 fully saturated rings. The van der Waals surface area contributed by atoms with Crippen molar-refractivity contribution in [2.24, 2.45) is 5.92 Å². The largest absolute Gasteiger partial charge is 0.384 e. The Balaban J connectivity index is 1.82. The highest BCUT2D eigenvalue weighted by Gasteiger charge is 2.15. The van der Waals surface area contributed by atoms with Crippen LogP contribution in [0.25, 0.3) is 0 Å². The Hall–Kier alpha value is -0.630. The lowest BCUT2D eigenvalue weighted by Gasteiger charge is -2.14. The van der Waals surface area contributed by atoms with Crippen molar-refractivity contribution in [3.05, 3.63) is 29.8 Å². The molecule has 94 valence electrons. The van der Waals surface area contributed by atoms with Crippen molar-refractivity contribution in [1.82, 2.24) is 0 Å². The summed E-state index contributed by atoms with van der Waals surface area (Å²) in [6, 6.07) is 8.73. The van der Waals surface area contributed by atoms with Crippen LogP contribution in [0, 0.1) is 5.92 Å². The number of hydrogen-bond donors (Lipinski definition) is 1. The average Bonchev–Trinajstić information content (AvgIpc) is 2.52. The Kier molecular flexibility index (Phi) is 4.78. The third kappa shape index (κ3) is 3.95. The third-order valence-electron chi connectivity index (χ3n) is 3.32. The van der Waals surface area contributed by atoms with Crippen molar-refractivity contribution in [2.75, 3.05) is 17.6 Å². The van der Waals surface area contributed by atoms with E-state index in [4.69, 9.17) is 0 Å². The van der Waals surface area contributed by atoms with Crippen molar-refractivity contribution in [1.29, 1.82) is 0 Å². The molecule has 0 spiro atoms. The molecule has 0 saturated carbocycles. The molecule has 1 aromatic carbocycles. The monoisotopic (exact) mass is 249 g/mol. The number of rotatable bonds is 4. The molecule has 1 heterocycles. The highest BCUT2D eigenvalue weighted by molar-refractivity contribution is 7.99. The van der Waals surface area contributed by atoms with Crippen LogP contribution >= 0.6 is 11.8 Å². The number of anilines is 1. The van der Waals surface area contributed by atoms with Gasteiger partial charge in [-0.2, -0.15) is 11.8 Å². The molecule has 0 bridgehead atoms. The van der Waals surface area contributed by atoms with Gasteiger partial charge >= 0.3 is 0 Å². The standard InChI is InChI=1S/C15H23NS/c1-12(2)9-10-17-14-8-7-13-5-3-4-6-15(13)16-11-14/h3-6,12,14,16H,7-11H2,1-2H3. The molecule has 0 saturated heterocycles. The Bertz CT molecular complexity index is 322. The fraction of sp³-hybridized carbons (Fsp3) is 0.600. The van der Waals surface area contributed by atoms with Gasteiger partial charge in [0.2, 0.25) is 0 Å². The van der Waals surface area contributed by atoms with Crippen LogP contribution in [-0.2, 0) is 6.42 Å². The molecule has 1 aliphatic rings. The number of thioether (sulfide) groups is 1. The summed E-state index contributed by atoms with van der Waals surface area (Å²) in [7, 11) is 0. The minimum atomic E-state index is 0.779. The highest BCUT2D eigenvalue weighted by atomic mass is 32.2. The maximum atomic E-state index is 3.59. The molecule has 17 heavy (non-hydrogen) atoms. The van der Waals surface area contributed by atoms with Gasteiger partial charge in [0.05, 0.1) is 0 Å². The number of nitrogens with one attached hydrogen (secondary N) is 1. The van der Waals surface area contributed by atoms with E-state index in [1.165, 1.54) is 36.3 Å². The predicted octanol–water partition coefficient (Wildman–Crippen LogP) is 4.19. The van der Waals surface area contributed by atoms with E-state index in [1.807, 2.05) is 0 Å². The highest BCUT2D eigenvalue weighted by Crippen LogP contribution is 2.26. The van der Waals surface area contributed by atoms with Crippen molar-refractivity contribution < 1.29 is 0 Å². The zero-order valence-corrected chi connectivity index (χ0v) is 11.7. The van der Waals surface area contributed by atoms with Crippen molar-refractivity contribution in [3.63, 3.8) is 0 Å². The van der Waals surface area contributed by atoms with Gasteiger partial charge in [0.1, 0.15) is 0 Å². The van der Waals surface area contributed by atoms with Crippen molar-refractivity contribution in [3.8, 4) is 0 Å². The van der Waals surface area contributed by atoms with Gasteiger partial charge < -0.3 is 5.32 Å². The van der Waals surface area contributed by atoms with E-state index in [0.717, 1.165) is 17.7 Å². The van der Waals surface area contributed by atoms with Gasteiger partial charge in [0, 0.05) is 17.5 Å². The zero-order chi connectivity index (χ0) is 12.1. The SMILES string of the molecule is CC(C)CCSC1CCc2ccccc2NC1. The molecule has 0 aromatic heterocycles. The molecule has 1 atom stereocenters. The number of benzene rings is 1. The molecular formula is C15H23NS. The van der Waals surface area contributed by atoms with E-state index in [2.05, 4.69) is 55.2 Å². The Morgan fingerprint density at radius 2 is 2.18 bits per heavy atom. The Morgan fingerprint density at radius 3 is 3.00 bits per heavy atom. The predicted molar refractivity (Wildman–Crippen MR) is 79.0 cm³/mol. The van der Waals surface area contributed by atoms with Gasteiger partial charge in [-0.1, -0.05) is 32.0 Å². The summed E-state index contributed by atoms with van der Waals surface area (Å²) in [5.41, 5.74) is 2.83. The first kappa shape index (κ1) is 12.8. The third-order valence-corrected chi connectivity index (χ3v) is 4.67. The smallest absolute Gasteiger partial charge is 0.0373 e. The summed E-state index contributed by atoms with van der Waals surface area (Å²) in [5, 5.41) is 4.37. The number of aryl methyl sites for hydroxylation is 1. The second-order valence-electron chi connectivity index (χ2n) is 5.25. The lowest BCUT2D eigenvalue weighted by molar-refractivity contribution is 0.630. The average molecular weight is 249 g/mol. The lowest BCUT2D eigenvalue weighted by Crippen LogP contribution is -2.15. The van der Waals surface area contributed by atoms with E-state index in [0.29, 0.717) is 0 Å². The van der Waals surface area contributed by atoms with Crippen LogP contribution in [0.5, 0.6) is 0 Å². The molecule has 0 amide bonds. The molecule has 1 nitrogen and oxygen atoms in total. The Labute approximate surface area is 109 Å². The van der Waals surface area contributed by atoms with E-state index >= 15 is 0 Å². The van der Waals surface area contributed by atoms with Crippen LogP contribution in [0.2, 0.25) is 0 Å². The van der Waals surface area contributed by atoms with E-state index in [-0.39, 0.29) is 0 Å². The normalized spacial score (nSPS) is 19.6. The first-order valence-corrected chi connectivity index (χ1v) is 7.74. The van der Waals surface area contributed by atoms with Crippen molar-refractivity contribution >= 4 is 17.4 Å². The topological polar surface area (TPSA) is 12.0 Å². The van der Waals surface area contributed by atoms with E-state index in [9.17, 15) is 0 Å². The molecule has 0 aliphatic carbocycles. The van der Waals surface area contributed by atoms with Crippen LogP contribution in [-0.4, -0.2) is 17.5 Å². The number of para-hydroxylation sites is 1. The van der Waals surface area contributed by atoms with Gasteiger partial charge in [0.15, 0.2) is 0 Å². The summed E-state index contributed by atoms with van der Waals surface area (Å²) in [4.78, 5) is 0. The molecule has 1 unspecified atom stereocenters. The number of hydrogen-bond acceptors (Lipinski definition) is 2. The van der Waals surface area contributed by atoms with Gasteiger partial charge in [-0.25, -0.2) is 0 Å². The summed E-state index contributed by atoms with van der Waals surface area (Å²) in [6.45, 7) is 5.74. The second-order valence-corrected chi connectivity index (χ2v) is 6.66. The molecule has 1 aromatic rings. The van der Waals surface area contributed by atoms with Crippen LogP contribution in [0.3, 0.4) is 0 Å². The fourth-order valence-electron chi connectivity index (χ4n) is 2.17. The van der Waals surface area contributed by atoms with Crippen molar-refractivity contribution in [2.45, 2.75) is 38.4 Å². The molecule has 1 N–H and O–H groups in total. The van der Waals surface area contributed by atoms with Gasteiger partial charge in [-0.3, -0.25) is 0 Å². The van der Waals surface area contributed by atoms with Crippen LogP contribution < -0.4 is 5.32 Å². The van der Waals surface area contributed by atoms with Gasteiger partial charge in [-0.05, 0) is 42.6 Å². The minimum Gasteiger partial charge on any atom is -0.384 e. The van der Waals surface area contributed by atoms with Gasteiger partial charge in [-0.15, -0.1) is 0 Å². The molecule has 2 heteroatoms.